The van der Waals surface area contributed by atoms with E-state index >= 15 is 0 Å². The van der Waals surface area contributed by atoms with Gasteiger partial charge in [-0.05, 0) is 42.0 Å². The zero-order chi connectivity index (χ0) is 13.7. The molecule has 4 heteroatoms. The van der Waals surface area contributed by atoms with Crippen molar-refractivity contribution in [2.75, 3.05) is 19.0 Å². The normalized spacial score (nSPS) is 11.9. The van der Waals surface area contributed by atoms with Gasteiger partial charge in [-0.3, -0.25) is 0 Å². The van der Waals surface area contributed by atoms with Crippen LogP contribution >= 0.6 is 11.6 Å². The smallest absolute Gasteiger partial charge is 0.119 e. The number of methoxy groups -OCH3 is 1. The molecule has 0 fully saturated rings. The zero-order valence-electron chi connectivity index (χ0n) is 10.8. The van der Waals surface area contributed by atoms with Crippen LogP contribution < -0.4 is 15.8 Å². The summed E-state index contributed by atoms with van der Waals surface area (Å²) in [4.78, 5) is 0. The number of hydrogen-bond donors (Lipinski definition) is 2. The van der Waals surface area contributed by atoms with Gasteiger partial charge >= 0.3 is 0 Å². The number of ether oxygens (including phenoxy) is 1. The Kier molecular flexibility index (Phi) is 4.66. The van der Waals surface area contributed by atoms with Crippen LogP contribution in [-0.4, -0.2) is 13.7 Å². The molecule has 0 bridgehead atoms. The van der Waals surface area contributed by atoms with E-state index in [4.69, 9.17) is 22.1 Å². The topological polar surface area (TPSA) is 47.3 Å². The summed E-state index contributed by atoms with van der Waals surface area (Å²) < 4.78 is 5.23. The zero-order valence-corrected chi connectivity index (χ0v) is 11.5. The standard InChI is InChI=1S/C15H17ClN2O/c1-19-14-4-2-3-11(9-14)15(10-17)18-13-7-5-12(16)6-8-13/h2-9,15,18H,10,17H2,1H3. The third-order valence-electron chi connectivity index (χ3n) is 2.92. The molecule has 2 rings (SSSR count). The second kappa shape index (κ2) is 6.45. The van der Waals surface area contributed by atoms with Crippen LogP contribution in [0.1, 0.15) is 11.6 Å². The van der Waals surface area contributed by atoms with Crippen LogP contribution in [0, 0.1) is 0 Å². The minimum Gasteiger partial charge on any atom is -0.497 e. The molecule has 100 valence electrons. The van der Waals surface area contributed by atoms with E-state index in [1.165, 1.54) is 0 Å². The molecule has 0 spiro atoms. The Labute approximate surface area is 118 Å². The van der Waals surface area contributed by atoms with Crippen molar-refractivity contribution in [3.05, 3.63) is 59.1 Å². The molecule has 0 aliphatic carbocycles. The van der Waals surface area contributed by atoms with Crippen molar-refractivity contribution in [1.29, 1.82) is 0 Å². The van der Waals surface area contributed by atoms with Crippen molar-refractivity contribution in [2.24, 2.45) is 5.73 Å². The highest BCUT2D eigenvalue weighted by Gasteiger charge is 2.10. The van der Waals surface area contributed by atoms with E-state index in [2.05, 4.69) is 5.32 Å². The summed E-state index contributed by atoms with van der Waals surface area (Å²) in [6.07, 6.45) is 0. The number of anilines is 1. The average molecular weight is 277 g/mol. The summed E-state index contributed by atoms with van der Waals surface area (Å²) in [5.74, 6) is 0.828. The molecule has 3 N–H and O–H groups in total. The molecule has 1 atom stereocenters. The predicted molar refractivity (Wildman–Crippen MR) is 79.9 cm³/mol. The molecule has 2 aromatic carbocycles. The number of hydrogen-bond acceptors (Lipinski definition) is 3. The Morgan fingerprint density at radius 2 is 1.95 bits per heavy atom. The molecule has 0 amide bonds. The van der Waals surface area contributed by atoms with Crippen LogP contribution in [0.3, 0.4) is 0 Å². The van der Waals surface area contributed by atoms with Crippen molar-refractivity contribution in [3.63, 3.8) is 0 Å². The van der Waals surface area contributed by atoms with Gasteiger partial charge in [0.1, 0.15) is 5.75 Å². The summed E-state index contributed by atoms with van der Waals surface area (Å²) in [5, 5.41) is 4.10. The Balaban J connectivity index is 2.17. The monoisotopic (exact) mass is 276 g/mol. The Hall–Kier alpha value is -1.71. The van der Waals surface area contributed by atoms with E-state index in [0.717, 1.165) is 22.0 Å². The summed E-state index contributed by atoms with van der Waals surface area (Å²) in [6, 6.07) is 15.5. The number of nitrogens with one attached hydrogen (secondary N) is 1. The van der Waals surface area contributed by atoms with Gasteiger partial charge in [0.05, 0.1) is 13.2 Å². The van der Waals surface area contributed by atoms with Crippen molar-refractivity contribution < 1.29 is 4.74 Å². The summed E-state index contributed by atoms with van der Waals surface area (Å²) >= 11 is 5.87. The molecule has 3 nitrogen and oxygen atoms in total. The van der Waals surface area contributed by atoms with Crippen LogP contribution in [0.2, 0.25) is 5.02 Å². The number of rotatable bonds is 5. The molecule has 2 aromatic rings. The van der Waals surface area contributed by atoms with Crippen LogP contribution in [0.5, 0.6) is 5.75 Å². The summed E-state index contributed by atoms with van der Waals surface area (Å²) in [6.45, 7) is 0.496. The average Bonchev–Trinajstić information content (AvgIpc) is 2.46. The van der Waals surface area contributed by atoms with Crippen LogP contribution in [0.15, 0.2) is 48.5 Å². The third kappa shape index (κ3) is 3.63. The van der Waals surface area contributed by atoms with Crippen LogP contribution in [-0.2, 0) is 0 Å². The largest absolute Gasteiger partial charge is 0.497 e. The molecule has 0 aliphatic rings. The second-order valence-corrected chi connectivity index (χ2v) is 4.65. The Morgan fingerprint density at radius 1 is 1.21 bits per heavy atom. The minimum absolute atomic E-state index is 0.0382. The van der Waals surface area contributed by atoms with Crippen LogP contribution in [0.4, 0.5) is 5.69 Å². The quantitative estimate of drug-likeness (QED) is 0.879. The first kappa shape index (κ1) is 13.7. The van der Waals surface area contributed by atoms with Gasteiger partial charge in [0.25, 0.3) is 0 Å². The van der Waals surface area contributed by atoms with Gasteiger partial charge in [-0.1, -0.05) is 23.7 Å². The molecular formula is C15H17ClN2O. The van der Waals surface area contributed by atoms with E-state index in [1.807, 2.05) is 48.5 Å². The SMILES string of the molecule is COc1cccc(C(CN)Nc2ccc(Cl)cc2)c1. The molecule has 0 heterocycles. The lowest BCUT2D eigenvalue weighted by atomic mass is 10.1. The molecule has 0 saturated heterocycles. The molecule has 0 saturated carbocycles. The maximum Gasteiger partial charge on any atom is 0.119 e. The van der Waals surface area contributed by atoms with Gasteiger partial charge in [0, 0.05) is 17.3 Å². The van der Waals surface area contributed by atoms with Gasteiger partial charge < -0.3 is 15.8 Å². The molecule has 0 aliphatic heterocycles. The fourth-order valence-corrected chi connectivity index (χ4v) is 2.01. The van der Waals surface area contributed by atoms with Gasteiger partial charge in [0.2, 0.25) is 0 Å². The maximum atomic E-state index is 5.87. The summed E-state index contributed by atoms with van der Waals surface area (Å²) in [7, 11) is 1.66. The van der Waals surface area contributed by atoms with Gasteiger partial charge in [-0.15, -0.1) is 0 Å². The highest BCUT2D eigenvalue weighted by atomic mass is 35.5. The van der Waals surface area contributed by atoms with Crippen LogP contribution in [0.25, 0.3) is 0 Å². The summed E-state index contributed by atoms with van der Waals surface area (Å²) in [5.41, 5.74) is 7.93. The first-order chi connectivity index (χ1) is 9.22. The van der Waals surface area contributed by atoms with E-state index in [-0.39, 0.29) is 6.04 Å². The lowest BCUT2D eigenvalue weighted by Gasteiger charge is -2.19. The molecule has 19 heavy (non-hydrogen) atoms. The predicted octanol–water partition coefficient (Wildman–Crippen LogP) is 3.46. The van der Waals surface area contributed by atoms with Gasteiger partial charge in [-0.25, -0.2) is 0 Å². The first-order valence-electron chi connectivity index (χ1n) is 6.09. The fourth-order valence-electron chi connectivity index (χ4n) is 1.88. The van der Waals surface area contributed by atoms with Gasteiger partial charge in [-0.2, -0.15) is 0 Å². The van der Waals surface area contributed by atoms with E-state index in [9.17, 15) is 0 Å². The highest BCUT2D eigenvalue weighted by molar-refractivity contribution is 6.30. The second-order valence-electron chi connectivity index (χ2n) is 4.22. The fraction of sp³-hybridized carbons (Fsp3) is 0.200. The van der Waals surface area contributed by atoms with Crippen molar-refractivity contribution in [3.8, 4) is 5.75 Å². The Bertz CT molecular complexity index is 528. The number of halogens is 1. The lowest BCUT2D eigenvalue weighted by Crippen LogP contribution is -2.20. The van der Waals surface area contributed by atoms with Gasteiger partial charge in [0.15, 0.2) is 0 Å². The number of nitrogens with two attached hydrogens (primary N) is 1. The van der Waals surface area contributed by atoms with E-state index < -0.39 is 0 Å². The van der Waals surface area contributed by atoms with Crippen molar-refractivity contribution >= 4 is 17.3 Å². The molecule has 1 unspecified atom stereocenters. The molecular weight excluding hydrogens is 260 g/mol. The maximum absolute atomic E-state index is 5.87. The van der Waals surface area contributed by atoms with E-state index in [0.29, 0.717) is 6.54 Å². The Morgan fingerprint density at radius 3 is 2.58 bits per heavy atom. The number of benzene rings is 2. The van der Waals surface area contributed by atoms with E-state index in [1.54, 1.807) is 7.11 Å². The van der Waals surface area contributed by atoms with Crippen molar-refractivity contribution in [1.82, 2.24) is 0 Å². The lowest BCUT2D eigenvalue weighted by molar-refractivity contribution is 0.414. The molecule has 0 aromatic heterocycles. The highest BCUT2D eigenvalue weighted by Crippen LogP contribution is 2.23. The third-order valence-corrected chi connectivity index (χ3v) is 3.17. The minimum atomic E-state index is 0.0382. The van der Waals surface area contributed by atoms with Crippen molar-refractivity contribution in [2.45, 2.75) is 6.04 Å². The molecule has 0 radical (unpaired) electrons. The first-order valence-corrected chi connectivity index (χ1v) is 6.47.